The van der Waals surface area contributed by atoms with Gasteiger partial charge in [0, 0.05) is 31.2 Å². The molecule has 10 heteroatoms. The van der Waals surface area contributed by atoms with Gasteiger partial charge in [0.25, 0.3) is 5.91 Å². The van der Waals surface area contributed by atoms with Crippen LogP contribution in [0, 0.1) is 23.7 Å². The molecule has 1 aromatic carbocycles. The van der Waals surface area contributed by atoms with Gasteiger partial charge in [0.15, 0.2) is 13.0 Å². The molecule has 1 amide bonds. The summed E-state index contributed by atoms with van der Waals surface area (Å²) in [6, 6.07) is 3.55. The van der Waals surface area contributed by atoms with E-state index in [4.69, 9.17) is 14.2 Å². The zero-order valence-corrected chi connectivity index (χ0v) is 22.4. The van der Waals surface area contributed by atoms with E-state index in [0.717, 1.165) is 44.4 Å². The van der Waals surface area contributed by atoms with E-state index in [1.165, 1.54) is 18.1 Å². The van der Waals surface area contributed by atoms with Gasteiger partial charge < -0.3 is 24.2 Å². The van der Waals surface area contributed by atoms with E-state index in [9.17, 15) is 23.1 Å². The second-order valence-corrected chi connectivity index (χ2v) is 11.7. The van der Waals surface area contributed by atoms with Crippen molar-refractivity contribution in [1.29, 1.82) is 0 Å². The molecule has 0 radical (unpaired) electrons. The number of alkyl halides is 3. The second kappa shape index (κ2) is 10.6. The minimum Gasteiger partial charge on any atom is -0.473 e. The first kappa shape index (κ1) is 27.7. The summed E-state index contributed by atoms with van der Waals surface area (Å²) in [5.41, 5.74) is -1.35. The Morgan fingerprint density at radius 3 is 2.55 bits per heavy atom. The highest BCUT2D eigenvalue weighted by Crippen LogP contribution is 2.49. The number of fused-ring (bicyclic) bond motifs is 1. The molecule has 0 spiro atoms. The van der Waals surface area contributed by atoms with E-state index >= 15 is 0 Å². The lowest BCUT2D eigenvalue weighted by Crippen LogP contribution is -2.60. The van der Waals surface area contributed by atoms with Crippen LogP contribution in [0.15, 0.2) is 18.2 Å². The van der Waals surface area contributed by atoms with Gasteiger partial charge in [-0.05, 0) is 74.6 Å². The average molecular weight is 541 g/mol. The number of aliphatic hydroxyl groups excluding tert-OH is 1. The molecule has 3 heterocycles. The molecular formula is C28H39F3N2O5. The lowest BCUT2D eigenvalue weighted by molar-refractivity contribution is -0.185. The zero-order chi connectivity index (χ0) is 27.2. The van der Waals surface area contributed by atoms with Gasteiger partial charge in [-0.15, -0.1) is 0 Å². The molecule has 1 aliphatic carbocycles. The van der Waals surface area contributed by atoms with Crippen LogP contribution < -0.4 is 4.74 Å². The fourth-order valence-electron chi connectivity index (χ4n) is 6.76. The Balaban J connectivity index is 1.26. The average Bonchev–Trinajstić information content (AvgIpc) is 3.77. The predicted octanol–water partition coefficient (Wildman–Crippen LogP) is 4.27. The Bertz CT molecular complexity index is 1010. The molecule has 1 aromatic rings. The summed E-state index contributed by atoms with van der Waals surface area (Å²) in [5, 5.41) is 10.5. The third-order valence-corrected chi connectivity index (χ3v) is 9.12. The Hall–Kier alpha value is -1.88. The van der Waals surface area contributed by atoms with Crippen molar-refractivity contribution in [1.82, 2.24) is 9.80 Å². The number of ether oxygens (including phenoxy) is 3. The summed E-state index contributed by atoms with van der Waals surface area (Å²) in [6.45, 7) is 6.47. The fourth-order valence-corrected chi connectivity index (χ4v) is 6.76. The Morgan fingerprint density at radius 2 is 1.95 bits per heavy atom. The van der Waals surface area contributed by atoms with Crippen LogP contribution in [0.5, 0.6) is 5.75 Å². The number of hydrogen-bond donors (Lipinski definition) is 1. The van der Waals surface area contributed by atoms with Crippen molar-refractivity contribution < 1.29 is 37.3 Å². The van der Waals surface area contributed by atoms with Crippen LogP contribution in [-0.2, 0) is 27.0 Å². The highest BCUT2D eigenvalue weighted by molar-refractivity contribution is 5.86. The highest BCUT2D eigenvalue weighted by Gasteiger charge is 2.56. The van der Waals surface area contributed by atoms with Gasteiger partial charge in [-0.1, -0.05) is 13.8 Å². The van der Waals surface area contributed by atoms with Gasteiger partial charge in [0.2, 0.25) is 0 Å². The molecule has 3 fully saturated rings. The molecule has 0 aromatic heterocycles. The summed E-state index contributed by atoms with van der Waals surface area (Å²) in [4.78, 5) is 17.7. The molecule has 3 aliphatic heterocycles. The van der Waals surface area contributed by atoms with E-state index in [0.29, 0.717) is 42.7 Å². The monoisotopic (exact) mass is 540 g/mol. The molecule has 2 saturated heterocycles. The van der Waals surface area contributed by atoms with Crippen molar-refractivity contribution in [3.8, 4) is 5.75 Å². The Kier molecular flexibility index (Phi) is 7.72. The minimum absolute atomic E-state index is 0.00222. The number of rotatable bonds is 6. The van der Waals surface area contributed by atoms with Crippen molar-refractivity contribution in [2.45, 2.75) is 76.6 Å². The lowest BCUT2D eigenvalue weighted by atomic mass is 9.76. The van der Waals surface area contributed by atoms with Crippen LogP contribution in [0.3, 0.4) is 0 Å². The van der Waals surface area contributed by atoms with Crippen LogP contribution in [0.2, 0.25) is 0 Å². The first-order valence-electron chi connectivity index (χ1n) is 13.7. The molecule has 1 N–H and O–H groups in total. The van der Waals surface area contributed by atoms with Gasteiger partial charge in [-0.2, -0.15) is 13.2 Å². The summed E-state index contributed by atoms with van der Waals surface area (Å²) in [5.74, 6) is 1.14. The fraction of sp³-hybridized carbons (Fsp3) is 0.750. The van der Waals surface area contributed by atoms with E-state index < -0.39 is 23.6 Å². The molecule has 2 unspecified atom stereocenters. The predicted molar refractivity (Wildman–Crippen MR) is 133 cm³/mol. The van der Waals surface area contributed by atoms with E-state index in [-0.39, 0.29) is 37.1 Å². The van der Waals surface area contributed by atoms with Gasteiger partial charge >= 0.3 is 6.18 Å². The van der Waals surface area contributed by atoms with E-state index in [1.54, 1.807) is 0 Å². The molecule has 7 nitrogen and oxygen atoms in total. The van der Waals surface area contributed by atoms with Crippen molar-refractivity contribution in [3.05, 3.63) is 29.3 Å². The standard InChI is InChI=1S/C28H39F3N2O5/c1-17(2)22-9-11-32(14-23(22)25(34)36-3)21-8-10-27(38-15-21,19-4-5-19)26(35)33-13-18-12-20(28(29,30)31)6-7-24(18)37-16-33/h6-7,12,17,19,21-23,25,34H,4-5,8-11,13-16H2,1-3H3/t21-,22-,23?,25?,27+/m1/s1. The normalized spacial score (nSPS) is 31.6. The number of benzene rings is 1. The van der Waals surface area contributed by atoms with Gasteiger partial charge in [0.05, 0.1) is 18.7 Å². The molecule has 212 valence electrons. The largest absolute Gasteiger partial charge is 0.473 e. The number of carbonyl (C=O) groups is 1. The van der Waals surface area contributed by atoms with E-state index in [1.807, 2.05) is 0 Å². The van der Waals surface area contributed by atoms with Crippen LogP contribution in [0.25, 0.3) is 0 Å². The zero-order valence-electron chi connectivity index (χ0n) is 22.4. The number of methoxy groups -OCH3 is 1. The quantitative estimate of drug-likeness (QED) is 0.544. The number of hydrogen-bond acceptors (Lipinski definition) is 6. The molecular weight excluding hydrogens is 501 g/mol. The number of carbonyl (C=O) groups excluding carboxylic acids is 1. The maximum Gasteiger partial charge on any atom is 0.416 e. The summed E-state index contributed by atoms with van der Waals surface area (Å²) in [6.07, 6.45) is -1.15. The first-order chi connectivity index (χ1) is 18.0. The number of nitrogens with zero attached hydrogens (tertiary/aromatic N) is 2. The molecule has 38 heavy (non-hydrogen) atoms. The van der Waals surface area contributed by atoms with Crippen molar-refractivity contribution in [2.24, 2.45) is 23.7 Å². The topological polar surface area (TPSA) is 71.5 Å². The van der Waals surface area contributed by atoms with Crippen LogP contribution in [0.4, 0.5) is 13.2 Å². The lowest BCUT2D eigenvalue weighted by Gasteiger charge is -2.49. The third-order valence-electron chi connectivity index (χ3n) is 9.12. The van der Waals surface area contributed by atoms with Crippen LogP contribution in [-0.4, -0.2) is 72.3 Å². The number of amides is 1. The van der Waals surface area contributed by atoms with Crippen molar-refractivity contribution >= 4 is 5.91 Å². The first-order valence-corrected chi connectivity index (χ1v) is 13.7. The van der Waals surface area contributed by atoms with Crippen LogP contribution in [0.1, 0.15) is 57.1 Å². The summed E-state index contributed by atoms with van der Waals surface area (Å²) >= 11 is 0. The maximum atomic E-state index is 13.9. The van der Waals surface area contributed by atoms with Crippen molar-refractivity contribution in [3.63, 3.8) is 0 Å². The highest BCUT2D eigenvalue weighted by atomic mass is 19.4. The number of piperidine rings is 1. The molecule has 5 rings (SSSR count). The maximum absolute atomic E-state index is 13.9. The van der Waals surface area contributed by atoms with Crippen molar-refractivity contribution in [2.75, 3.05) is 33.5 Å². The molecule has 4 aliphatic rings. The molecule has 5 atom stereocenters. The number of halogens is 3. The molecule has 0 bridgehead atoms. The van der Waals surface area contributed by atoms with Gasteiger partial charge in [-0.3, -0.25) is 9.69 Å². The van der Waals surface area contributed by atoms with E-state index in [2.05, 4.69) is 18.7 Å². The third kappa shape index (κ3) is 5.29. The molecule has 1 saturated carbocycles. The summed E-state index contributed by atoms with van der Waals surface area (Å²) in [7, 11) is 1.53. The second-order valence-electron chi connectivity index (χ2n) is 11.7. The summed E-state index contributed by atoms with van der Waals surface area (Å²) < 4.78 is 57.2. The van der Waals surface area contributed by atoms with Gasteiger partial charge in [-0.25, -0.2) is 0 Å². The van der Waals surface area contributed by atoms with Crippen LogP contribution >= 0.6 is 0 Å². The van der Waals surface area contributed by atoms with Gasteiger partial charge in [0.1, 0.15) is 11.4 Å². The SMILES string of the molecule is COC(O)C1CN([C@@H]2CC[C@@](C(=O)N3COc4ccc(C(F)(F)F)cc4C3)(C3CC3)OC2)CC[C@@H]1C(C)C. The Morgan fingerprint density at radius 1 is 1.18 bits per heavy atom. The Labute approximate surface area is 222 Å². The number of likely N-dealkylation sites (tertiary alicyclic amines) is 1. The number of aliphatic hydroxyl groups is 1. The smallest absolute Gasteiger partial charge is 0.416 e. The minimum atomic E-state index is -4.46.